The van der Waals surface area contributed by atoms with Crippen molar-refractivity contribution in [3.8, 4) is 0 Å². The van der Waals surface area contributed by atoms with E-state index in [1.54, 1.807) is 11.9 Å². The lowest BCUT2D eigenvalue weighted by Gasteiger charge is -2.15. The van der Waals surface area contributed by atoms with Crippen LogP contribution in [0.1, 0.15) is 6.42 Å². The SMILES string of the molecule is CNC(=O)N1CC[C@H](NC(=O)OC)C1. The van der Waals surface area contributed by atoms with Crippen LogP contribution >= 0.6 is 0 Å². The Hall–Kier alpha value is -1.46. The summed E-state index contributed by atoms with van der Waals surface area (Å²) in [7, 11) is 2.91. The van der Waals surface area contributed by atoms with Crippen LogP contribution in [0.5, 0.6) is 0 Å². The largest absolute Gasteiger partial charge is 0.453 e. The number of methoxy groups -OCH3 is 1. The Labute approximate surface area is 82.6 Å². The van der Waals surface area contributed by atoms with Gasteiger partial charge in [-0.15, -0.1) is 0 Å². The van der Waals surface area contributed by atoms with Crippen molar-refractivity contribution in [2.24, 2.45) is 0 Å². The molecule has 14 heavy (non-hydrogen) atoms. The molecule has 0 bridgehead atoms. The van der Waals surface area contributed by atoms with Crippen LogP contribution < -0.4 is 10.6 Å². The van der Waals surface area contributed by atoms with Gasteiger partial charge in [-0.05, 0) is 6.42 Å². The summed E-state index contributed by atoms with van der Waals surface area (Å²) in [5.74, 6) is 0. The van der Waals surface area contributed by atoms with Gasteiger partial charge in [-0.1, -0.05) is 0 Å². The van der Waals surface area contributed by atoms with Gasteiger partial charge in [0.2, 0.25) is 0 Å². The Morgan fingerprint density at radius 3 is 2.79 bits per heavy atom. The first kappa shape index (κ1) is 10.6. The van der Waals surface area contributed by atoms with Gasteiger partial charge in [0, 0.05) is 20.1 Å². The van der Waals surface area contributed by atoms with E-state index in [2.05, 4.69) is 15.4 Å². The van der Waals surface area contributed by atoms with Gasteiger partial charge in [0.1, 0.15) is 0 Å². The van der Waals surface area contributed by atoms with Gasteiger partial charge < -0.3 is 20.3 Å². The highest BCUT2D eigenvalue weighted by molar-refractivity contribution is 5.74. The number of carbonyl (C=O) groups excluding carboxylic acids is 2. The van der Waals surface area contributed by atoms with E-state index in [0.29, 0.717) is 13.1 Å². The summed E-state index contributed by atoms with van der Waals surface area (Å²) >= 11 is 0. The fraction of sp³-hybridized carbons (Fsp3) is 0.750. The second kappa shape index (κ2) is 4.69. The fourth-order valence-corrected chi connectivity index (χ4v) is 1.45. The van der Waals surface area contributed by atoms with Crippen molar-refractivity contribution < 1.29 is 14.3 Å². The molecule has 80 valence electrons. The number of likely N-dealkylation sites (tertiary alicyclic amines) is 1. The number of nitrogens with zero attached hydrogens (tertiary/aromatic N) is 1. The standard InChI is InChI=1S/C8H15N3O3/c1-9-7(12)11-4-3-6(5-11)10-8(13)14-2/h6H,3-5H2,1-2H3,(H,9,12)(H,10,13)/t6-/m0/s1. The molecule has 0 aromatic rings. The Morgan fingerprint density at radius 2 is 2.21 bits per heavy atom. The summed E-state index contributed by atoms with van der Waals surface area (Å²) in [6.07, 6.45) is 0.316. The van der Waals surface area contributed by atoms with Gasteiger partial charge in [0.25, 0.3) is 0 Å². The molecular formula is C8H15N3O3. The van der Waals surface area contributed by atoms with Crippen molar-refractivity contribution in [2.45, 2.75) is 12.5 Å². The predicted octanol–water partition coefficient (Wildman–Crippen LogP) is -0.244. The maximum absolute atomic E-state index is 11.2. The summed E-state index contributed by atoms with van der Waals surface area (Å²) in [6.45, 7) is 1.20. The molecule has 1 aliphatic heterocycles. The fourth-order valence-electron chi connectivity index (χ4n) is 1.45. The molecule has 1 fully saturated rings. The van der Waals surface area contributed by atoms with Gasteiger partial charge >= 0.3 is 12.1 Å². The molecule has 0 aliphatic carbocycles. The molecule has 1 saturated heterocycles. The number of hydrogen-bond acceptors (Lipinski definition) is 3. The van der Waals surface area contributed by atoms with Crippen molar-refractivity contribution in [3.63, 3.8) is 0 Å². The second-order valence-electron chi connectivity index (χ2n) is 3.12. The van der Waals surface area contributed by atoms with E-state index < -0.39 is 6.09 Å². The molecule has 0 aromatic heterocycles. The second-order valence-corrected chi connectivity index (χ2v) is 3.12. The minimum Gasteiger partial charge on any atom is -0.453 e. The quantitative estimate of drug-likeness (QED) is 0.615. The Balaban J connectivity index is 2.34. The monoisotopic (exact) mass is 201 g/mol. The number of ether oxygens (including phenoxy) is 1. The Morgan fingerprint density at radius 1 is 1.50 bits per heavy atom. The molecular weight excluding hydrogens is 186 g/mol. The van der Waals surface area contributed by atoms with E-state index in [9.17, 15) is 9.59 Å². The molecule has 1 rings (SSSR count). The van der Waals surface area contributed by atoms with E-state index in [1.165, 1.54) is 7.11 Å². The highest BCUT2D eigenvalue weighted by Gasteiger charge is 2.26. The van der Waals surface area contributed by atoms with Crippen LogP contribution in [0.4, 0.5) is 9.59 Å². The van der Waals surface area contributed by atoms with Crippen LogP contribution in [0.3, 0.4) is 0 Å². The Bertz CT molecular complexity index is 232. The highest BCUT2D eigenvalue weighted by atomic mass is 16.5. The first-order valence-corrected chi connectivity index (χ1v) is 4.48. The molecule has 0 radical (unpaired) electrons. The maximum atomic E-state index is 11.2. The lowest BCUT2D eigenvalue weighted by Crippen LogP contribution is -2.41. The molecule has 0 spiro atoms. The summed E-state index contributed by atoms with van der Waals surface area (Å²) in [4.78, 5) is 23.7. The molecule has 3 amide bonds. The zero-order valence-corrected chi connectivity index (χ0v) is 8.37. The number of rotatable bonds is 1. The van der Waals surface area contributed by atoms with Crippen molar-refractivity contribution in [3.05, 3.63) is 0 Å². The van der Waals surface area contributed by atoms with Crippen LogP contribution in [-0.2, 0) is 4.74 Å². The topological polar surface area (TPSA) is 70.7 Å². The van der Waals surface area contributed by atoms with Crippen molar-refractivity contribution in [1.82, 2.24) is 15.5 Å². The number of amides is 3. The van der Waals surface area contributed by atoms with Gasteiger partial charge in [-0.2, -0.15) is 0 Å². The minimum absolute atomic E-state index is 0.000231. The first-order chi connectivity index (χ1) is 6.67. The number of hydrogen-bond donors (Lipinski definition) is 2. The van der Waals surface area contributed by atoms with E-state index in [-0.39, 0.29) is 12.1 Å². The smallest absolute Gasteiger partial charge is 0.407 e. The molecule has 0 unspecified atom stereocenters. The lowest BCUT2D eigenvalue weighted by molar-refractivity contribution is 0.166. The van der Waals surface area contributed by atoms with E-state index in [1.807, 2.05) is 0 Å². The summed E-state index contributed by atoms with van der Waals surface area (Å²) in [6, 6.07) is -0.112. The molecule has 1 aliphatic rings. The summed E-state index contributed by atoms with van der Waals surface area (Å²) < 4.78 is 4.47. The van der Waals surface area contributed by atoms with Gasteiger partial charge in [0.05, 0.1) is 13.2 Å². The third-order valence-corrected chi connectivity index (χ3v) is 2.20. The van der Waals surface area contributed by atoms with Crippen molar-refractivity contribution in [1.29, 1.82) is 0 Å². The average Bonchev–Trinajstić information content (AvgIpc) is 2.65. The van der Waals surface area contributed by atoms with Gasteiger partial charge in [-0.3, -0.25) is 0 Å². The molecule has 1 heterocycles. The van der Waals surface area contributed by atoms with E-state index in [0.717, 1.165) is 6.42 Å². The van der Waals surface area contributed by atoms with Gasteiger partial charge in [-0.25, -0.2) is 9.59 Å². The van der Waals surface area contributed by atoms with Crippen molar-refractivity contribution in [2.75, 3.05) is 27.2 Å². The number of urea groups is 1. The van der Waals surface area contributed by atoms with E-state index >= 15 is 0 Å². The molecule has 6 heteroatoms. The normalized spacial score (nSPS) is 20.4. The minimum atomic E-state index is -0.450. The number of alkyl carbamates (subject to hydrolysis) is 1. The molecule has 0 saturated carbocycles. The lowest BCUT2D eigenvalue weighted by atomic mass is 10.3. The third kappa shape index (κ3) is 2.51. The summed E-state index contributed by atoms with van der Waals surface area (Å²) in [5, 5.41) is 5.19. The van der Waals surface area contributed by atoms with Crippen LogP contribution in [0, 0.1) is 0 Å². The van der Waals surface area contributed by atoms with Crippen molar-refractivity contribution >= 4 is 12.1 Å². The average molecular weight is 201 g/mol. The molecule has 0 aromatic carbocycles. The Kier molecular flexibility index (Phi) is 3.55. The van der Waals surface area contributed by atoms with Crippen LogP contribution in [-0.4, -0.2) is 50.3 Å². The molecule has 1 atom stereocenters. The number of carbonyl (C=O) groups is 2. The summed E-state index contributed by atoms with van der Waals surface area (Å²) in [5.41, 5.74) is 0. The maximum Gasteiger partial charge on any atom is 0.407 e. The van der Waals surface area contributed by atoms with Crippen LogP contribution in [0.25, 0.3) is 0 Å². The predicted molar refractivity (Wildman–Crippen MR) is 50.0 cm³/mol. The van der Waals surface area contributed by atoms with Crippen LogP contribution in [0.15, 0.2) is 0 Å². The first-order valence-electron chi connectivity index (χ1n) is 4.48. The highest BCUT2D eigenvalue weighted by Crippen LogP contribution is 2.08. The zero-order chi connectivity index (χ0) is 10.6. The molecule has 2 N–H and O–H groups in total. The van der Waals surface area contributed by atoms with Crippen LogP contribution in [0.2, 0.25) is 0 Å². The third-order valence-electron chi connectivity index (χ3n) is 2.20. The van der Waals surface area contributed by atoms with Gasteiger partial charge in [0.15, 0.2) is 0 Å². The zero-order valence-electron chi connectivity index (χ0n) is 8.37. The molecule has 6 nitrogen and oxygen atoms in total. The van der Waals surface area contributed by atoms with E-state index in [4.69, 9.17) is 0 Å². The number of nitrogens with one attached hydrogen (secondary N) is 2.